The van der Waals surface area contributed by atoms with Gasteiger partial charge >= 0.3 is 0 Å². The van der Waals surface area contributed by atoms with Gasteiger partial charge in [0.05, 0.1) is 23.3 Å². The number of rotatable bonds is 8. The molecule has 9 heteroatoms. The summed E-state index contributed by atoms with van der Waals surface area (Å²) in [6.07, 6.45) is 7.44. The third-order valence-corrected chi connectivity index (χ3v) is 8.16. The van der Waals surface area contributed by atoms with Crippen molar-refractivity contribution >= 4 is 40.4 Å². The molecule has 7 nitrogen and oxygen atoms in total. The van der Waals surface area contributed by atoms with E-state index in [1.54, 1.807) is 11.3 Å². The van der Waals surface area contributed by atoms with Gasteiger partial charge in [0, 0.05) is 31.1 Å². The number of carbonyl (C=O) groups excluding carboxylic acids is 1. The zero-order valence-electron chi connectivity index (χ0n) is 19.3. The minimum absolute atomic E-state index is 0.0446. The maximum absolute atomic E-state index is 12.7. The van der Waals surface area contributed by atoms with Crippen LogP contribution in [0.25, 0.3) is 10.7 Å². The minimum atomic E-state index is -0.0446. The number of hydrogen-bond donors (Lipinski definition) is 1. The highest BCUT2D eigenvalue weighted by molar-refractivity contribution is 7.99. The lowest BCUT2D eigenvalue weighted by Crippen LogP contribution is -2.23. The summed E-state index contributed by atoms with van der Waals surface area (Å²) >= 11 is 3.07. The lowest BCUT2D eigenvalue weighted by atomic mass is 10.2. The van der Waals surface area contributed by atoms with E-state index < -0.39 is 0 Å². The Kier molecular flexibility index (Phi) is 7.83. The molecule has 34 heavy (non-hydrogen) atoms. The molecule has 4 heterocycles. The number of thioether (sulfide) groups is 1. The van der Waals surface area contributed by atoms with Gasteiger partial charge in [-0.2, -0.15) is 0 Å². The van der Waals surface area contributed by atoms with Crippen LogP contribution in [0.5, 0.6) is 0 Å². The molecular weight excluding hydrogens is 466 g/mol. The fourth-order valence-electron chi connectivity index (χ4n) is 4.55. The number of hydrogen-bond acceptors (Lipinski definition) is 7. The summed E-state index contributed by atoms with van der Waals surface area (Å²) in [6.45, 7) is 3.75. The molecule has 5 rings (SSSR count). The van der Waals surface area contributed by atoms with Crippen LogP contribution in [0, 0.1) is 0 Å². The topological polar surface area (TPSA) is 72.3 Å². The summed E-state index contributed by atoms with van der Waals surface area (Å²) in [5.74, 6) is 1.08. The lowest BCUT2D eigenvalue weighted by molar-refractivity contribution is -0.113. The van der Waals surface area contributed by atoms with Gasteiger partial charge in [0.25, 0.3) is 0 Å². The van der Waals surface area contributed by atoms with Crippen molar-refractivity contribution in [3.8, 4) is 10.7 Å². The largest absolute Gasteiger partial charge is 0.376 e. The van der Waals surface area contributed by atoms with Crippen LogP contribution in [0.15, 0.2) is 46.9 Å². The summed E-state index contributed by atoms with van der Waals surface area (Å²) in [5.41, 5.74) is 2.06. The van der Waals surface area contributed by atoms with Gasteiger partial charge in [-0.15, -0.1) is 21.5 Å². The van der Waals surface area contributed by atoms with Crippen LogP contribution in [-0.2, 0) is 16.1 Å². The minimum Gasteiger partial charge on any atom is -0.376 e. The van der Waals surface area contributed by atoms with Gasteiger partial charge < -0.3 is 15.0 Å². The Balaban J connectivity index is 1.20. The number of carbonyl (C=O) groups is 1. The zero-order chi connectivity index (χ0) is 23.2. The summed E-state index contributed by atoms with van der Waals surface area (Å²) in [5, 5.41) is 14.7. The number of amides is 1. The first kappa shape index (κ1) is 23.4. The second-order valence-corrected chi connectivity index (χ2v) is 10.7. The molecule has 0 aliphatic carbocycles. The summed E-state index contributed by atoms with van der Waals surface area (Å²) in [6, 6.07) is 12.3. The fraction of sp³-hybridized carbons (Fsp3) is 0.480. The molecule has 180 valence electrons. The van der Waals surface area contributed by atoms with E-state index in [4.69, 9.17) is 4.74 Å². The van der Waals surface area contributed by atoms with E-state index in [0.717, 1.165) is 54.1 Å². The first-order chi connectivity index (χ1) is 16.8. The van der Waals surface area contributed by atoms with Crippen molar-refractivity contribution in [2.45, 2.75) is 56.3 Å². The Bertz CT molecular complexity index is 1050. The number of ether oxygens (including phenoxy) is 1. The van der Waals surface area contributed by atoms with Crippen LogP contribution >= 0.6 is 23.1 Å². The molecular formula is C25H31N5O2S2. The third kappa shape index (κ3) is 5.82. The molecule has 1 amide bonds. The highest BCUT2D eigenvalue weighted by atomic mass is 32.2. The van der Waals surface area contributed by atoms with Crippen molar-refractivity contribution in [2.24, 2.45) is 0 Å². The van der Waals surface area contributed by atoms with Gasteiger partial charge in [0.1, 0.15) is 0 Å². The first-order valence-electron chi connectivity index (χ1n) is 12.1. The highest BCUT2D eigenvalue weighted by Gasteiger charge is 2.22. The number of nitrogens with zero attached hydrogens (tertiary/aromatic N) is 4. The normalized spacial score (nSPS) is 18.7. The molecule has 1 aromatic carbocycles. The molecule has 1 unspecified atom stereocenters. The lowest BCUT2D eigenvalue weighted by Gasteiger charge is -2.22. The van der Waals surface area contributed by atoms with E-state index in [1.165, 1.54) is 43.1 Å². The molecule has 0 bridgehead atoms. The molecule has 2 aliphatic heterocycles. The predicted molar refractivity (Wildman–Crippen MR) is 139 cm³/mol. The van der Waals surface area contributed by atoms with Crippen LogP contribution < -0.4 is 10.2 Å². The Hall–Kier alpha value is -2.36. The van der Waals surface area contributed by atoms with E-state index in [2.05, 4.69) is 43.2 Å². The average Bonchev–Trinajstić information content (AvgIpc) is 3.59. The Labute approximate surface area is 208 Å². The summed E-state index contributed by atoms with van der Waals surface area (Å²) in [7, 11) is 0. The average molecular weight is 498 g/mol. The van der Waals surface area contributed by atoms with Crippen LogP contribution in [0.4, 0.5) is 11.4 Å². The molecule has 1 atom stereocenters. The maximum Gasteiger partial charge on any atom is 0.234 e. The van der Waals surface area contributed by atoms with Crippen molar-refractivity contribution in [1.82, 2.24) is 14.8 Å². The summed E-state index contributed by atoms with van der Waals surface area (Å²) in [4.78, 5) is 16.2. The van der Waals surface area contributed by atoms with Crippen molar-refractivity contribution in [1.29, 1.82) is 0 Å². The van der Waals surface area contributed by atoms with Crippen molar-refractivity contribution in [2.75, 3.05) is 35.7 Å². The molecule has 2 aromatic heterocycles. The summed E-state index contributed by atoms with van der Waals surface area (Å²) < 4.78 is 7.96. The Morgan fingerprint density at radius 3 is 2.62 bits per heavy atom. The molecule has 2 saturated heterocycles. The van der Waals surface area contributed by atoms with Gasteiger partial charge in [-0.3, -0.25) is 9.36 Å². The SMILES string of the molecule is O=C(CSc1nnc(-c2cccs2)n1CC1CCCO1)Nc1ccc(N2CCCCCC2)cc1. The fourth-order valence-corrected chi connectivity index (χ4v) is 6.02. The number of anilines is 2. The van der Waals surface area contributed by atoms with Crippen LogP contribution in [0.3, 0.4) is 0 Å². The number of thiophene rings is 1. The van der Waals surface area contributed by atoms with E-state index in [-0.39, 0.29) is 17.8 Å². The van der Waals surface area contributed by atoms with E-state index in [9.17, 15) is 4.79 Å². The van der Waals surface area contributed by atoms with Crippen molar-refractivity contribution in [3.05, 3.63) is 41.8 Å². The number of benzene rings is 1. The molecule has 3 aromatic rings. The van der Waals surface area contributed by atoms with Crippen molar-refractivity contribution < 1.29 is 9.53 Å². The highest BCUT2D eigenvalue weighted by Crippen LogP contribution is 2.29. The van der Waals surface area contributed by atoms with Gasteiger partial charge in [-0.05, 0) is 61.4 Å². The quantitative estimate of drug-likeness (QED) is 0.426. The Morgan fingerprint density at radius 2 is 1.91 bits per heavy atom. The first-order valence-corrected chi connectivity index (χ1v) is 14.0. The predicted octanol–water partition coefficient (Wildman–Crippen LogP) is 5.30. The van der Waals surface area contributed by atoms with Gasteiger partial charge in [0.2, 0.25) is 5.91 Å². The second-order valence-electron chi connectivity index (χ2n) is 8.81. The van der Waals surface area contributed by atoms with Crippen LogP contribution in [0.2, 0.25) is 0 Å². The molecule has 0 spiro atoms. The van der Waals surface area contributed by atoms with Crippen LogP contribution in [0.1, 0.15) is 38.5 Å². The number of nitrogens with one attached hydrogen (secondary N) is 1. The van der Waals surface area contributed by atoms with Crippen molar-refractivity contribution in [3.63, 3.8) is 0 Å². The molecule has 2 aliphatic rings. The Morgan fingerprint density at radius 1 is 1.09 bits per heavy atom. The number of aromatic nitrogens is 3. The van der Waals surface area contributed by atoms with E-state index >= 15 is 0 Å². The second kappa shape index (κ2) is 11.4. The smallest absolute Gasteiger partial charge is 0.234 e. The monoisotopic (exact) mass is 497 g/mol. The third-order valence-electron chi connectivity index (χ3n) is 6.32. The van der Waals surface area contributed by atoms with Gasteiger partial charge in [-0.1, -0.05) is 30.7 Å². The molecule has 0 radical (unpaired) electrons. The maximum atomic E-state index is 12.7. The van der Waals surface area contributed by atoms with Gasteiger partial charge in [0.15, 0.2) is 11.0 Å². The van der Waals surface area contributed by atoms with E-state index in [1.807, 2.05) is 23.6 Å². The van der Waals surface area contributed by atoms with E-state index in [0.29, 0.717) is 6.54 Å². The molecule has 1 N–H and O–H groups in total. The standard InChI is InChI=1S/C25H31N5O2S2/c31-23(26-19-9-11-20(12-10-19)29-13-3-1-2-4-14-29)18-34-25-28-27-24(22-8-6-16-33-22)30(25)17-21-7-5-15-32-21/h6,8-12,16,21H,1-5,7,13-15,17-18H2,(H,26,31). The zero-order valence-corrected chi connectivity index (χ0v) is 21.0. The molecule has 2 fully saturated rings. The molecule has 0 saturated carbocycles. The van der Waals surface area contributed by atoms with Crippen LogP contribution in [-0.4, -0.2) is 52.2 Å². The van der Waals surface area contributed by atoms with Gasteiger partial charge in [-0.25, -0.2) is 0 Å².